The van der Waals surface area contributed by atoms with E-state index >= 15 is 0 Å². The number of amides is 1. The molecule has 2 aromatic rings. The van der Waals surface area contributed by atoms with E-state index in [0.717, 1.165) is 52.6 Å². The zero-order valence-electron chi connectivity index (χ0n) is 18.1. The Morgan fingerprint density at radius 3 is 2.63 bits per heavy atom. The lowest BCUT2D eigenvalue weighted by Crippen LogP contribution is -2.43. The van der Waals surface area contributed by atoms with E-state index < -0.39 is 5.60 Å². The van der Waals surface area contributed by atoms with Gasteiger partial charge in [0.2, 0.25) is 5.88 Å². The third kappa shape index (κ3) is 4.54. The number of alkyl halides is 1. The maximum Gasteiger partial charge on any atom is 0.410 e. The summed E-state index contributed by atoms with van der Waals surface area (Å²) in [5.41, 5.74) is 0.957. The quantitative estimate of drug-likeness (QED) is 0.365. The number of hydrogen-bond donors (Lipinski definition) is 0. The van der Waals surface area contributed by atoms with Crippen molar-refractivity contribution in [3.63, 3.8) is 0 Å². The van der Waals surface area contributed by atoms with Gasteiger partial charge in [0.05, 0.1) is 5.39 Å². The van der Waals surface area contributed by atoms with Crippen molar-refractivity contribution < 1.29 is 14.3 Å². The van der Waals surface area contributed by atoms with Crippen molar-refractivity contribution in [2.24, 2.45) is 0 Å². The third-order valence-corrected chi connectivity index (χ3v) is 8.27. The molecular weight excluding hydrogens is 513 g/mol. The Bertz CT molecular complexity index is 918. The Labute approximate surface area is 195 Å². The van der Waals surface area contributed by atoms with Crippen LogP contribution in [0.3, 0.4) is 0 Å². The minimum Gasteiger partial charge on any atom is -0.474 e. The van der Waals surface area contributed by atoms with Gasteiger partial charge in [-0.25, -0.2) is 14.8 Å². The van der Waals surface area contributed by atoms with Crippen molar-refractivity contribution in [3.8, 4) is 5.88 Å². The van der Waals surface area contributed by atoms with Crippen LogP contribution >= 0.6 is 33.9 Å². The highest BCUT2D eigenvalue weighted by Gasteiger charge is 2.32. The van der Waals surface area contributed by atoms with Crippen molar-refractivity contribution in [1.82, 2.24) is 14.9 Å². The molecule has 2 aromatic heterocycles. The summed E-state index contributed by atoms with van der Waals surface area (Å²) in [5.74, 6) is 1.33. The zero-order valence-corrected chi connectivity index (χ0v) is 21.1. The summed E-state index contributed by atoms with van der Waals surface area (Å²) in [6, 6.07) is 0.193. The lowest BCUT2D eigenvalue weighted by atomic mass is 9.92. The van der Waals surface area contributed by atoms with E-state index in [0.29, 0.717) is 5.92 Å². The fourth-order valence-corrected chi connectivity index (χ4v) is 6.59. The van der Waals surface area contributed by atoms with Crippen LogP contribution in [-0.2, 0) is 11.2 Å². The van der Waals surface area contributed by atoms with E-state index in [2.05, 4.69) is 32.6 Å². The molecule has 0 unspecified atom stereocenters. The van der Waals surface area contributed by atoms with Gasteiger partial charge >= 0.3 is 6.09 Å². The summed E-state index contributed by atoms with van der Waals surface area (Å²) in [6.07, 6.45) is 7.51. The maximum atomic E-state index is 12.4. The highest BCUT2D eigenvalue weighted by Crippen LogP contribution is 2.46. The van der Waals surface area contributed by atoms with Crippen LogP contribution in [0.4, 0.5) is 4.79 Å². The van der Waals surface area contributed by atoms with Gasteiger partial charge in [0.15, 0.2) is 0 Å². The molecule has 1 saturated carbocycles. The molecule has 4 rings (SSSR count). The van der Waals surface area contributed by atoms with E-state index in [9.17, 15) is 4.79 Å². The molecule has 1 atom stereocenters. The van der Waals surface area contributed by atoms with Crippen LogP contribution in [0.1, 0.15) is 69.2 Å². The molecule has 6 nitrogen and oxygen atoms in total. The van der Waals surface area contributed by atoms with E-state index in [1.54, 1.807) is 22.6 Å². The first-order valence-corrected chi connectivity index (χ1v) is 13.1. The van der Waals surface area contributed by atoms with Gasteiger partial charge in [-0.3, -0.25) is 0 Å². The van der Waals surface area contributed by atoms with Crippen LogP contribution < -0.4 is 4.74 Å². The number of ether oxygens (including phenoxy) is 2. The predicted molar refractivity (Wildman–Crippen MR) is 128 cm³/mol. The number of fused-ring (bicyclic) bond motifs is 3. The van der Waals surface area contributed by atoms with Crippen molar-refractivity contribution in [2.75, 3.05) is 11.5 Å². The fraction of sp³-hybridized carbons (Fsp3) is 0.682. The van der Waals surface area contributed by atoms with Gasteiger partial charge in [-0.05, 0) is 70.8 Å². The highest BCUT2D eigenvalue weighted by atomic mass is 127. The normalized spacial score (nSPS) is 24.0. The van der Waals surface area contributed by atoms with Crippen LogP contribution in [-0.4, -0.2) is 50.2 Å². The van der Waals surface area contributed by atoms with Gasteiger partial charge in [-0.2, -0.15) is 0 Å². The predicted octanol–water partition coefficient (Wildman–Crippen LogP) is 5.71. The molecule has 0 N–H and O–H groups in total. The number of hydrogen-bond acceptors (Lipinski definition) is 6. The van der Waals surface area contributed by atoms with Crippen molar-refractivity contribution in [1.29, 1.82) is 0 Å². The average Bonchev–Trinajstić information content (AvgIpc) is 3.26. The number of aryl methyl sites for hydroxylation is 1. The Morgan fingerprint density at radius 2 is 1.97 bits per heavy atom. The molecule has 2 aliphatic rings. The fourth-order valence-electron chi connectivity index (χ4n) is 4.48. The van der Waals surface area contributed by atoms with E-state index in [1.807, 2.05) is 27.8 Å². The number of nitrogens with zero attached hydrogens (tertiary/aromatic N) is 3. The van der Waals surface area contributed by atoms with E-state index in [-0.39, 0.29) is 18.2 Å². The van der Waals surface area contributed by atoms with Crippen LogP contribution in [0, 0.1) is 0 Å². The molecule has 0 bridgehead atoms. The van der Waals surface area contributed by atoms with E-state index in [1.165, 1.54) is 16.9 Å². The number of carbonyl (C=O) groups is 1. The standard InChI is InChI=1S/C22H30IN3O3S/c1-22(2,3)29-21(27)26(4)14-6-8-15(9-7-14)28-19-18-17-13(11-23)5-10-16(17)30-20(18)25-12-24-19/h12-15H,5-11H2,1-4H3/t13-,14?,15?/m1/s1. The van der Waals surface area contributed by atoms with Gasteiger partial charge in [0, 0.05) is 22.4 Å². The highest BCUT2D eigenvalue weighted by molar-refractivity contribution is 14.1. The molecule has 8 heteroatoms. The second-order valence-electron chi connectivity index (χ2n) is 9.33. The third-order valence-electron chi connectivity index (χ3n) is 6.03. The van der Waals surface area contributed by atoms with Crippen molar-refractivity contribution in [3.05, 3.63) is 16.8 Å². The minimum absolute atomic E-state index is 0.126. The molecule has 0 aromatic carbocycles. The molecule has 164 valence electrons. The Morgan fingerprint density at radius 1 is 1.23 bits per heavy atom. The SMILES string of the molecule is CN(C(=O)OC(C)(C)C)C1CCC(Oc2ncnc3sc4c(c23)[C@@H](CI)CC4)CC1. The molecule has 2 aliphatic carbocycles. The molecule has 0 aliphatic heterocycles. The number of carbonyl (C=O) groups excluding carboxylic acids is 1. The van der Waals surface area contributed by atoms with Gasteiger partial charge in [-0.1, -0.05) is 22.6 Å². The first kappa shape index (κ1) is 22.0. The van der Waals surface area contributed by atoms with Crippen molar-refractivity contribution >= 4 is 50.2 Å². The maximum absolute atomic E-state index is 12.4. The summed E-state index contributed by atoms with van der Waals surface area (Å²) >= 11 is 4.29. The molecule has 1 amide bonds. The topological polar surface area (TPSA) is 64.6 Å². The van der Waals surface area contributed by atoms with Gasteiger partial charge in [0.25, 0.3) is 0 Å². The van der Waals surface area contributed by atoms with Crippen LogP contribution in [0.5, 0.6) is 5.88 Å². The summed E-state index contributed by atoms with van der Waals surface area (Å²) in [6.45, 7) is 5.70. The second-order valence-corrected chi connectivity index (χ2v) is 11.3. The lowest BCUT2D eigenvalue weighted by Gasteiger charge is -2.35. The number of rotatable bonds is 4. The average molecular weight is 543 g/mol. The summed E-state index contributed by atoms with van der Waals surface area (Å²) in [7, 11) is 1.84. The molecule has 1 fully saturated rings. The number of aromatic nitrogens is 2. The summed E-state index contributed by atoms with van der Waals surface area (Å²) in [4.78, 5) is 25.7. The first-order chi connectivity index (χ1) is 14.3. The van der Waals surface area contributed by atoms with E-state index in [4.69, 9.17) is 9.47 Å². The monoisotopic (exact) mass is 543 g/mol. The van der Waals surface area contributed by atoms with Crippen molar-refractivity contribution in [2.45, 2.75) is 83.0 Å². The summed E-state index contributed by atoms with van der Waals surface area (Å²) in [5, 5.41) is 1.14. The Balaban J connectivity index is 1.43. The number of halogens is 1. The minimum atomic E-state index is -0.472. The van der Waals surface area contributed by atoms with Gasteiger partial charge < -0.3 is 14.4 Å². The largest absolute Gasteiger partial charge is 0.474 e. The lowest BCUT2D eigenvalue weighted by molar-refractivity contribution is 0.0138. The van der Waals surface area contributed by atoms with Crippen LogP contribution in [0.15, 0.2) is 6.33 Å². The smallest absolute Gasteiger partial charge is 0.410 e. The molecular formula is C22H30IN3O3S. The van der Waals surface area contributed by atoms with Crippen LogP contribution in [0.25, 0.3) is 10.2 Å². The molecule has 0 saturated heterocycles. The molecule has 30 heavy (non-hydrogen) atoms. The molecule has 0 spiro atoms. The molecule has 0 radical (unpaired) electrons. The second kappa shape index (κ2) is 8.76. The van der Waals surface area contributed by atoms with Gasteiger partial charge in [0.1, 0.15) is 22.9 Å². The molecule has 2 heterocycles. The number of thiophene rings is 1. The van der Waals surface area contributed by atoms with Gasteiger partial charge in [-0.15, -0.1) is 11.3 Å². The summed E-state index contributed by atoms with van der Waals surface area (Å²) < 4.78 is 13.1. The first-order valence-electron chi connectivity index (χ1n) is 10.7. The van der Waals surface area contributed by atoms with Crippen LogP contribution in [0.2, 0.25) is 0 Å². The zero-order chi connectivity index (χ0) is 21.5. The Hall–Kier alpha value is -1.16. The Kier molecular flexibility index (Phi) is 6.44.